The lowest BCUT2D eigenvalue weighted by Crippen LogP contribution is -2.34. The number of hydrogen-bond donors (Lipinski definition) is 0. The second kappa shape index (κ2) is 9.96. The van der Waals surface area contributed by atoms with Crippen LogP contribution >= 0.6 is 0 Å². The summed E-state index contributed by atoms with van der Waals surface area (Å²) >= 11 is 0. The third-order valence-corrected chi connectivity index (χ3v) is 4.75. The molecule has 3 rings (SSSR count). The van der Waals surface area contributed by atoms with Crippen LogP contribution in [0.2, 0.25) is 0 Å². The Balaban J connectivity index is 1.84. The summed E-state index contributed by atoms with van der Waals surface area (Å²) in [7, 11) is 0. The predicted octanol–water partition coefficient (Wildman–Crippen LogP) is 4.00. The zero-order chi connectivity index (χ0) is 20.6. The molecule has 29 heavy (non-hydrogen) atoms. The van der Waals surface area contributed by atoms with Gasteiger partial charge in [0.05, 0.1) is 18.8 Å². The molecule has 0 spiro atoms. The van der Waals surface area contributed by atoms with E-state index in [4.69, 9.17) is 14.2 Å². The molecule has 6 nitrogen and oxygen atoms in total. The second-order valence-electron chi connectivity index (χ2n) is 6.76. The van der Waals surface area contributed by atoms with Crippen molar-refractivity contribution in [2.24, 2.45) is 0 Å². The van der Waals surface area contributed by atoms with Crippen LogP contribution in [0.3, 0.4) is 0 Å². The zero-order valence-electron chi connectivity index (χ0n) is 16.9. The Labute approximate surface area is 171 Å². The first kappa shape index (κ1) is 20.7. The van der Waals surface area contributed by atoms with Gasteiger partial charge in [-0.25, -0.2) is 4.79 Å². The molecular formula is C23H27NO5. The van der Waals surface area contributed by atoms with E-state index in [1.54, 1.807) is 35.2 Å². The quantitative estimate of drug-likeness (QED) is 0.630. The smallest absolute Gasteiger partial charge is 0.339 e. The van der Waals surface area contributed by atoms with Gasteiger partial charge in [-0.3, -0.25) is 4.79 Å². The largest absolute Gasteiger partial charge is 0.490 e. The molecule has 2 aromatic carbocycles. The first-order chi connectivity index (χ1) is 14.1. The molecule has 1 fully saturated rings. The van der Waals surface area contributed by atoms with Crippen molar-refractivity contribution >= 4 is 11.9 Å². The van der Waals surface area contributed by atoms with Crippen molar-refractivity contribution in [1.29, 1.82) is 0 Å². The molecule has 0 unspecified atom stereocenters. The Kier molecular flexibility index (Phi) is 7.11. The fourth-order valence-electron chi connectivity index (χ4n) is 3.35. The van der Waals surface area contributed by atoms with Crippen molar-refractivity contribution in [2.45, 2.75) is 32.8 Å². The van der Waals surface area contributed by atoms with E-state index < -0.39 is 12.1 Å². The van der Waals surface area contributed by atoms with Crippen LogP contribution in [0.5, 0.6) is 11.5 Å². The number of nitrogens with zero attached hydrogens (tertiary/aromatic N) is 1. The van der Waals surface area contributed by atoms with Crippen LogP contribution in [-0.2, 0) is 9.53 Å². The Morgan fingerprint density at radius 2 is 1.59 bits per heavy atom. The molecule has 6 heteroatoms. The van der Waals surface area contributed by atoms with Gasteiger partial charge in [-0.1, -0.05) is 30.3 Å². The number of carbonyl (C=O) groups is 2. The molecule has 0 aromatic heterocycles. The van der Waals surface area contributed by atoms with Crippen LogP contribution in [0.25, 0.3) is 0 Å². The highest BCUT2D eigenvalue weighted by Crippen LogP contribution is 2.30. The van der Waals surface area contributed by atoms with Crippen LogP contribution in [0.4, 0.5) is 0 Å². The number of rotatable bonds is 8. The molecule has 2 aromatic rings. The summed E-state index contributed by atoms with van der Waals surface area (Å²) in [5.41, 5.74) is 0.973. The van der Waals surface area contributed by atoms with Crippen molar-refractivity contribution < 1.29 is 23.8 Å². The molecule has 154 valence electrons. The molecule has 1 amide bonds. The molecule has 0 saturated carbocycles. The second-order valence-corrected chi connectivity index (χ2v) is 6.76. The third-order valence-electron chi connectivity index (χ3n) is 4.75. The van der Waals surface area contributed by atoms with Crippen molar-refractivity contribution in [1.82, 2.24) is 4.90 Å². The number of carbonyl (C=O) groups excluding carboxylic acids is 2. The molecule has 1 aliphatic heterocycles. The van der Waals surface area contributed by atoms with Crippen LogP contribution in [0, 0.1) is 0 Å². The van der Waals surface area contributed by atoms with Crippen molar-refractivity contribution in [3.63, 3.8) is 0 Å². The maximum Gasteiger partial charge on any atom is 0.339 e. The minimum Gasteiger partial charge on any atom is -0.490 e. The summed E-state index contributed by atoms with van der Waals surface area (Å²) < 4.78 is 16.8. The topological polar surface area (TPSA) is 65.1 Å². The fraction of sp³-hybridized carbons (Fsp3) is 0.391. The number of likely N-dealkylation sites (tertiary alicyclic amines) is 1. The molecule has 0 bridgehead atoms. The molecule has 0 aliphatic carbocycles. The summed E-state index contributed by atoms with van der Waals surface area (Å²) in [6.45, 7) is 6.06. The van der Waals surface area contributed by atoms with E-state index in [-0.39, 0.29) is 5.91 Å². The van der Waals surface area contributed by atoms with E-state index in [0.717, 1.165) is 12.8 Å². The average Bonchev–Trinajstić information content (AvgIpc) is 3.28. The summed E-state index contributed by atoms with van der Waals surface area (Å²) in [5, 5.41) is 0. The van der Waals surface area contributed by atoms with Crippen molar-refractivity contribution in [2.75, 3.05) is 26.3 Å². The van der Waals surface area contributed by atoms with Gasteiger partial charge in [0.15, 0.2) is 11.5 Å². The molecule has 1 saturated heterocycles. The molecule has 0 N–H and O–H groups in total. The summed E-state index contributed by atoms with van der Waals surface area (Å²) in [5.74, 6) is 0.290. The Morgan fingerprint density at radius 3 is 2.24 bits per heavy atom. The number of amides is 1. The van der Waals surface area contributed by atoms with Gasteiger partial charge in [-0.2, -0.15) is 0 Å². The summed E-state index contributed by atoms with van der Waals surface area (Å²) in [4.78, 5) is 27.7. The van der Waals surface area contributed by atoms with Gasteiger partial charge < -0.3 is 19.1 Å². The number of benzene rings is 2. The minimum absolute atomic E-state index is 0.182. The van der Waals surface area contributed by atoms with Crippen LogP contribution in [-0.4, -0.2) is 43.1 Å². The maximum absolute atomic E-state index is 13.0. The molecule has 1 atom stereocenters. The lowest BCUT2D eigenvalue weighted by Gasteiger charge is -2.23. The Bertz CT molecular complexity index is 830. The standard InChI is InChI=1S/C23H27NO5/c1-3-27-19-13-12-18(16-20(19)28-4-2)23(26)29-21(17-10-6-5-7-11-17)22(25)24-14-8-9-15-24/h5-7,10-13,16,21H,3-4,8-9,14-15H2,1-2H3/t21-/m0/s1. The van der Waals surface area contributed by atoms with Crippen LogP contribution in [0.15, 0.2) is 48.5 Å². The van der Waals surface area contributed by atoms with E-state index >= 15 is 0 Å². The van der Waals surface area contributed by atoms with Gasteiger partial charge in [-0.05, 0) is 44.9 Å². The Morgan fingerprint density at radius 1 is 0.931 bits per heavy atom. The van der Waals surface area contributed by atoms with Crippen molar-refractivity contribution in [3.8, 4) is 11.5 Å². The summed E-state index contributed by atoms with van der Waals surface area (Å²) in [6.07, 6.45) is 0.971. The highest BCUT2D eigenvalue weighted by Gasteiger charge is 2.31. The number of hydrogen-bond acceptors (Lipinski definition) is 5. The zero-order valence-corrected chi connectivity index (χ0v) is 16.9. The van der Waals surface area contributed by atoms with Gasteiger partial charge in [0.1, 0.15) is 0 Å². The first-order valence-corrected chi connectivity index (χ1v) is 10.1. The average molecular weight is 397 g/mol. The number of esters is 1. The van der Waals surface area contributed by atoms with E-state index in [0.29, 0.717) is 48.9 Å². The number of ether oxygens (including phenoxy) is 3. The van der Waals surface area contributed by atoms with Crippen LogP contribution in [0.1, 0.15) is 48.7 Å². The SMILES string of the molecule is CCOc1ccc(C(=O)O[C@H](C(=O)N2CCCC2)c2ccccc2)cc1OCC. The predicted molar refractivity (Wildman–Crippen MR) is 109 cm³/mol. The molecular weight excluding hydrogens is 370 g/mol. The summed E-state index contributed by atoms with van der Waals surface area (Å²) in [6, 6.07) is 14.0. The van der Waals surface area contributed by atoms with E-state index in [2.05, 4.69) is 0 Å². The first-order valence-electron chi connectivity index (χ1n) is 10.1. The fourth-order valence-corrected chi connectivity index (χ4v) is 3.35. The maximum atomic E-state index is 13.0. The molecule has 0 radical (unpaired) electrons. The highest BCUT2D eigenvalue weighted by atomic mass is 16.5. The van der Waals surface area contributed by atoms with Gasteiger partial charge in [0, 0.05) is 18.7 Å². The third kappa shape index (κ3) is 5.08. The normalized spacial score (nSPS) is 14.3. The van der Waals surface area contributed by atoms with E-state index in [9.17, 15) is 9.59 Å². The lowest BCUT2D eigenvalue weighted by molar-refractivity contribution is -0.140. The lowest BCUT2D eigenvalue weighted by atomic mass is 10.1. The van der Waals surface area contributed by atoms with Crippen molar-refractivity contribution in [3.05, 3.63) is 59.7 Å². The van der Waals surface area contributed by atoms with E-state index in [1.165, 1.54) is 0 Å². The van der Waals surface area contributed by atoms with E-state index in [1.807, 2.05) is 32.0 Å². The van der Waals surface area contributed by atoms with Gasteiger partial charge >= 0.3 is 5.97 Å². The molecule has 1 heterocycles. The van der Waals surface area contributed by atoms with Gasteiger partial charge in [0.2, 0.25) is 6.10 Å². The highest BCUT2D eigenvalue weighted by molar-refractivity contribution is 5.93. The minimum atomic E-state index is -0.969. The van der Waals surface area contributed by atoms with Crippen LogP contribution < -0.4 is 9.47 Å². The van der Waals surface area contributed by atoms with Gasteiger partial charge in [0.25, 0.3) is 5.91 Å². The van der Waals surface area contributed by atoms with Gasteiger partial charge in [-0.15, -0.1) is 0 Å². The Hall–Kier alpha value is -3.02. The monoisotopic (exact) mass is 397 g/mol. The molecule has 1 aliphatic rings.